The Bertz CT molecular complexity index is 3000. The SMILES string of the molecule is c1cncc(-n2c3ccc(-n4c5ccccc5c5ccccc54)cc3c3cc(-n4c5ccccc5c5ccccc54)c4ccccc4c32)c1. The molecule has 0 N–H and O–H groups in total. The van der Waals surface area contributed by atoms with Gasteiger partial charge in [0.2, 0.25) is 0 Å². The molecule has 7 aromatic carbocycles. The highest BCUT2D eigenvalue weighted by atomic mass is 15.0. The molecule has 0 aliphatic rings. The maximum Gasteiger partial charge on any atom is 0.0645 e. The maximum absolute atomic E-state index is 4.56. The van der Waals surface area contributed by atoms with E-state index in [4.69, 9.17) is 0 Å². The monoisotopic (exact) mass is 624 g/mol. The van der Waals surface area contributed by atoms with E-state index < -0.39 is 0 Å². The number of pyridine rings is 1. The summed E-state index contributed by atoms with van der Waals surface area (Å²) in [5.74, 6) is 0. The Labute approximate surface area is 281 Å². The number of aromatic nitrogens is 4. The smallest absolute Gasteiger partial charge is 0.0645 e. The van der Waals surface area contributed by atoms with E-state index in [1.54, 1.807) is 0 Å². The molecule has 0 fully saturated rings. The molecular formula is C45H28N4. The zero-order valence-corrected chi connectivity index (χ0v) is 26.5. The Kier molecular flexibility index (Phi) is 5.35. The second kappa shape index (κ2) is 9.93. The maximum atomic E-state index is 4.56. The van der Waals surface area contributed by atoms with E-state index >= 15 is 0 Å². The number of hydrogen-bond donors (Lipinski definition) is 0. The van der Waals surface area contributed by atoms with E-state index in [0.717, 1.165) is 16.9 Å². The largest absolute Gasteiger partial charge is 0.309 e. The summed E-state index contributed by atoms with van der Waals surface area (Å²) in [7, 11) is 0. The van der Waals surface area contributed by atoms with Crippen LogP contribution >= 0.6 is 0 Å². The molecule has 0 aliphatic heterocycles. The van der Waals surface area contributed by atoms with E-state index in [9.17, 15) is 0 Å². The van der Waals surface area contributed by atoms with Crippen molar-refractivity contribution < 1.29 is 0 Å². The van der Waals surface area contributed by atoms with Gasteiger partial charge in [-0.2, -0.15) is 0 Å². The van der Waals surface area contributed by atoms with E-state index in [1.807, 2.05) is 18.5 Å². The van der Waals surface area contributed by atoms with Crippen molar-refractivity contribution in [3.8, 4) is 17.1 Å². The van der Waals surface area contributed by atoms with Crippen molar-refractivity contribution in [3.05, 3.63) is 170 Å². The van der Waals surface area contributed by atoms with Crippen molar-refractivity contribution in [1.82, 2.24) is 18.7 Å². The van der Waals surface area contributed by atoms with Crippen LogP contribution in [-0.4, -0.2) is 18.7 Å². The lowest BCUT2D eigenvalue weighted by atomic mass is 10.0. The van der Waals surface area contributed by atoms with Crippen molar-refractivity contribution in [1.29, 1.82) is 0 Å². The summed E-state index contributed by atoms with van der Waals surface area (Å²) in [6, 6.07) is 57.3. The summed E-state index contributed by atoms with van der Waals surface area (Å²) in [6.45, 7) is 0. The Morgan fingerprint density at radius 2 is 0.837 bits per heavy atom. The highest BCUT2D eigenvalue weighted by Gasteiger charge is 2.21. The van der Waals surface area contributed by atoms with Gasteiger partial charge >= 0.3 is 0 Å². The molecule has 0 amide bonds. The number of rotatable bonds is 3. The van der Waals surface area contributed by atoms with Gasteiger partial charge in [-0.15, -0.1) is 0 Å². The number of benzene rings is 7. The first kappa shape index (κ1) is 26.4. The van der Waals surface area contributed by atoms with Gasteiger partial charge in [0.15, 0.2) is 0 Å². The summed E-state index contributed by atoms with van der Waals surface area (Å²) in [4.78, 5) is 4.56. The molecule has 49 heavy (non-hydrogen) atoms. The molecule has 0 aliphatic carbocycles. The fourth-order valence-electron chi connectivity index (χ4n) is 8.30. The van der Waals surface area contributed by atoms with Crippen LogP contribution in [0.4, 0.5) is 0 Å². The Hall–Kier alpha value is -6.65. The number of nitrogens with zero attached hydrogens (tertiary/aromatic N) is 4. The van der Waals surface area contributed by atoms with Crippen LogP contribution in [0.25, 0.3) is 93.3 Å². The first-order valence-electron chi connectivity index (χ1n) is 16.7. The van der Waals surface area contributed by atoms with Crippen LogP contribution in [-0.2, 0) is 0 Å². The lowest BCUT2D eigenvalue weighted by Crippen LogP contribution is -1.98. The molecule has 0 unspecified atom stereocenters. The lowest BCUT2D eigenvalue weighted by molar-refractivity contribution is 1.14. The van der Waals surface area contributed by atoms with Crippen LogP contribution in [0.5, 0.6) is 0 Å². The van der Waals surface area contributed by atoms with Gasteiger partial charge in [0.1, 0.15) is 0 Å². The zero-order chi connectivity index (χ0) is 32.1. The van der Waals surface area contributed by atoms with Gasteiger partial charge in [-0.25, -0.2) is 0 Å². The minimum atomic E-state index is 1.04. The Balaban J connectivity index is 1.32. The molecule has 0 atom stereocenters. The third kappa shape index (κ3) is 3.60. The highest BCUT2D eigenvalue weighted by Crippen LogP contribution is 2.43. The van der Waals surface area contributed by atoms with Crippen LogP contribution in [0, 0.1) is 0 Å². The molecule has 0 saturated carbocycles. The summed E-state index contributed by atoms with van der Waals surface area (Å²) in [6.07, 6.45) is 3.81. The van der Waals surface area contributed by atoms with Gasteiger partial charge in [0.25, 0.3) is 0 Å². The molecule has 0 bridgehead atoms. The molecule has 11 rings (SSSR count). The molecule has 11 aromatic rings. The minimum Gasteiger partial charge on any atom is -0.309 e. The minimum absolute atomic E-state index is 1.04. The van der Waals surface area contributed by atoms with Crippen molar-refractivity contribution in [3.63, 3.8) is 0 Å². The van der Waals surface area contributed by atoms with E-state index in [1.165, 1.54) is 76.4 Å². The molecule has 4 nitrogen and oxygen atoms in total. The van der Waals surface area contributed by atoms with Crippen LogP contribution in [0.15, 0.2) is 170 Å². The van der Waals surface area contributed by atoms with Gasteiger partial charge in [-0.3, -0.25) is 4.98 Å². The van der Waals surface area contributed by atoms with E-state index in [0.29, 0.717) is 0 Å². The predicted octanol–water partition coefficient (Wildman–Crippen LogP) is 11.5. The average Bonchev–Trinajstić information content (AvgIpc) is 3.80. The summed E-state index contributed by atoms with van der Waals surface area (Å²) < 4.78 is 7.26. The van der Waals surface area contributed by atoms with Crippen molar-refractivity contribution >= 4 is 76.2 Å². The average molecular weight is 625 g/mol. The van der Waals surface area contributed by atoms with Gasteiger partial charge in [-0.05, 0) is 60.7 Å². The van der Waals surface area contributed by atoms with Crippen LogP contribution in [0.2, 0.25) is 0 Å². The number of para-hydroxylation sites is 4. The standard InChI is InChI=1S/C45H28N4/c1-2-18-36-35(17-1)44(49-41-21-9-5-15-33(41)34-16-6-10-22-42(34)49)27-38-37-26-29(23-24-43(37)48(45(36)38)30-12-11-25-46-28-30)47-39-19-7-3-13-31(39)32-14-4-8-20-40(32)47/h1-28H. The normalized spacial score (nSPS) is 12.1. The molecule has 4 aromatic heterocycles. The zero-order valence-electron chi connectivity index (χ0n) is 26.5. The van der Waals surface area contributed by atoms with E-state index in [2.05, 4.69) is 170 Å². The summed E-state index contributed by atoms with van der Waals surface area (Å²) in [5, 5.41) is 9.85. The second-order valence-electron chi connectivity index (χ2n) is 12.8. The first-order valence-corrected chi connectivity index (χ1v) is 16.7. The molecule has 4 heterocycles. The quantitative estimate of drug-likeness (QED) is 0.192. The Morgan fingerprint density at radius 3 is 1.41 bits per heavy atom. The summed E-state index contributed by atoms with van der Waals surface area (Å²) >= 11 is 0. The lowest BCUT2D eigenvalue weighted by Gasteiger charge is -2.15. The Morgan fingerprint density at radius 1 is 0.327 bits per heavy atom. The predicted molar refractivity (Wildman–Crippen MR) is 205 cm³/mol. The molecule has 0 saturated heterocycles. The molecule has 4 heteroatoms. The number of fused-ring (bicyclic) bond motifs is 11. The topological polar surface area (TPSA) is 27.7 Å². The van der Waals surface area contributed by atoms with Gasteiger partial charge in [0.05, 0.1) is 50.7 Å². The van der Waals surface area contributed by atoms with E-state index in [-0.39, 0.29) is 0 Å². The number of hydrogen-bond acceptors (Lipinski definition) is 1. The first-order chi connectivity index (χ1) is 24.3. The third-order valence-corrected chi connectivity index (χ3v) is 10.3. The highest BCUT2D eigenvalue weighted by molar-refractivity contribution is 6.22. The van der Waals surface area contributed by atoms with Gasteiger partial charge in [-0.1, -0.05) is 97.1 Å². The van der Waals surface area contributed by atoms with Crippen molar-refractivity contribution in [2.24, 2.45) is 0 Å². The van der Waals surface area contributed by atoms with Gasteiger partial charge in [0, 0.05) is 55.0 Å². The van der Waals surface area contributed by atoms with Crippen LogP contribution in [0.3, 0.4) is 0 Å². The third-order valence-electron chi connectivity index (χ3n) is 10.3. The fraction of sp³-hybridized carbons (Fsp3) is 0. The fourth-order valence-corrected chi connectivity index (χ4v) is 8.30. The van der Waals surface area contributed by atoms with Crippen LogP contribution in [0.1, 0.15) is 0 Å². The molecule has 0 spiro atoms. The molecule has 228 valence electrons. The molecular weight excluding hydrogens is 597 g/mol. The summed E-state index contributed by atoms with van der Waals surface area (Å²) in [5.41, 5.74) is 10.5. The van der Waals surface area contributed by atoms with Crippen LogP contribution < -0.4 is 0 Å². The van der Waals surface area contributed by atoms with Crippen molar-refractivity contribution in [2.75, 3.05) is 0 Å². The second-order valence-corrected chi connectivity index (χ2v) is 12.8. The van der Waals surface area contributed by atoms with Crippen molar-refractivity contribution in [2.45, 2.75) is 0 Å². The van der Waals surface area contributed by atoms with Gasteiger partial charge < -0.3 is 13.7 Å². The molecule has 0 radical (unpaired) electrons.